The molecule has 222 valence electrons. The van der Waals surface area contributed by atoms with Crippen LogP contribution < -0.4 is 0 Å². The van der Waals surface area contributed by atoms with E-state index in [0.29, 0.717) is 0 Å². The Morgan fingerprint density at radius 2 is 0.0633 bits per heavy atom. The topological polar surface area (TPSA) is 243 Å². The van der Waals surface area contributed by atoms with Crippen molar-refractivity contribution in [2.75, 3.05) is 0 Å². The fraction of sp³-hybridized carbons (Fsp3) is 0. The molecule has 79 heavy (non-hydrogen) atoms. The summed E-state index contributed by atoms with van der Waals surface area (Å²) in [6, 6.07) is 0. The molecular weight excluding hydrogens is 673 g/mol. The van der Waals surface area contributed by atoms with Gasteiger partial charge >= 0.3 is 1220 Å². The van der Waals surface area contributed by atoms with Gasteiger partial charge in [0.05, 0.1) is 0 Å². The number of hydrogen-bond acceptors (Lipinski definition) is 12. The Morgan fingerprint density at radius 3 is 0.0633 bits per heavy atom. The molecule has 0 amide bonds. The van der Waals surface area contributed by atoms with E-state index in [1.165, 1.54) is 0 Å². The van der Waals surface area contributed by atoms with Crippen molar-refractivity contribution < 1.29 is 60.3 Å². The summed E-state index contributed by atoms with van der Waals surface area (Å²) in [5.41, 5.74) is 0. The zero-order valence-corrected chi connectivity index (χ0v) is 7.68. The van der Waals surface area contributed by atoms with Crippen molar-refractivity contribution in [1.82, 2.24) is 0 Å². The van der Waals surface area contributed by atoms with E-state index < -0.39 is 29.3 Å². The Bertz CT molecular complexity index is 113. The summed E-state index contributed by atoms with van der Waals surface area (Å²) in [6.45, 7) is 0. The SMILES string of the molecule is OB(O)O.OB(O)O.OB(O)O.OB(O)O.[LiH].[LiH].[LiH].[LiH].[LiH].[LiH].[LiH].[LiH].[LiH].[LiH].[LiH].[LiH].[LiH].[LiH].[LiH].[LiH].[LiH].[LiH].[LiH].[LiH].[LiH].[LiH].[LiH].[LiH].[LiH].[LiH].[LiH].[LiH].[LiH].[LiH].[LiH].[LiH].[LiH].[LiH].[LiH].[LiH].[LiH].[LiH].[LiH].[LiH].[LiH].[LiH].[LiH].[LiH].[LiH].[LiH].[LiH].[LiH].[LiH].[LiH].[LiH].[LiH].[LiH].[LiH].[LiH].[LiH].[LiH].[LiH].[LiH].[LiH].[LiH].[LiH].[LiH]. The Labute approximate surface area is 1240 Å². The Hall–Kier alpha value is 37.4. The van der Waals surface area contributed by atoms with Crippen molar-refractivity contribution in [3.05, 3.63) is 0 Å². The molecular formula is H75B4Li63O12. The molecule has 0 spiro atoms. The normalized spacial score (nSPS) is 1.37. The molecule has 0 aromatic heterocycles. The van der Waals surface area contributed by atoms with Crippen molar-refractivity contribution >= 4 is 1220 Å². The molecule has 12 nitrogen and oxygen atoms in total. The standard InChI is InChI=1S/4BH3O3.63Li.63H/c4*2-1(3)4;;;;;;;;;;;;;;;;;;;;;;;;;;;;;;;;;;;;;;;;;;;;;;;;;;;;;;;;;;;;;;;;;;;;;;;;;;;;;;;;;;;;;;;;;;;;;;;;;;;;;;;;;;;;;;;;;;;;;;;;;;;;;;/h4*2-4H;;;;;;;;;;;;;;;;;;;;;;;;;;;;;;;;;;;;;;;;;;;;;;;;;;;;;;;;;;;;;;;;;;;;;;;;;;;;;;;;;;;;;;;;;;;;;;;;;;;;;;;;;;;;;;;;;;;;;;;;;;;;;;. The van der Waals surface area contributed by atoms with Gasteiger partial charge in [0, 0.05) is 0 Å². The van der Waals surface area contributed by atoms with Crippen LogP contribution in [0, 0.1) is 0 Å². The first kappa shape index (κ1) is 635. The van der Waals surface area contributed by atoms with Gasteiger partial charge in [-0.15, -0.1) is 0 Å². The average Bonchev–Trinajstić information content (AvgIpc) is 1.76. The molecule has 0 aromatic rings. The summed E-state index contributed by atoms with van der Waals surface area (Å²) in [5, 5.41) is 86.0. The Balaban J connectivity index is -0.000000000295. The van der Waals surface area contributed by atoms with Crippen LogP contribution in [0.15, 0.2) is 0 Å². The first-order valence-electron chi connectivity index (χ1n) is 3.10. The van der Waals surface area contributed by atoms with Gasteiger partial charge in [0.15, 0.2) is 0 Å². The quantitative estimate of drug-likeness (QED) is 0.104. The second kappa shape index (κ2) is 619. The summed E-state index contributed by atoms with van der Waals surface area (Å²) in [5.74, 6) is 0. The van der Waals surface area contributed by atoms with E-state index in [2.05, 4.69) is 0 Å². The maximum atomic E-state index is 7.17. The third-order valence-corrected chi connectivity index (χ3v) is 0. The molecule has 0 aromatic carbocycles. The summed E-state index contributed by atoms with van der Waals surface area (Å²) in [7, 11) is -8.67. The molecule has 0 saturated carbocycles. The van der Waals surface area contributed by atoms with E-state index in [1.54, 1.807) is 0 Å². The molecule has 0 atom stereocenters. The van der Waals surface area contributed by atoms with Gasteiger partial charge in [-0.05, 0) is 0 Å². The minimum absolute atomic E-state index is 0. The molecule has 0 heterocycles. The fourth-order valence-electron chi connectivity index (χ4n) is 0. The van der Waals surface area contributed by atoms with Crippen LogP contribution in [0.2, 0.25) is 0 Å². The molecule has 0 saturated heterocycles. The molecule has 0 fully saturated rings. The van der Waals surface area contributed by atoms with Crippen molar-refractivity contribution in [3.63, 3.8) is 0 Å². The van der Waals surface area contributed by atoms with Gasteiger partial charge in [0.1, 0.15) is 0 Å². The van der Waals surface area contributed by atoms with Gasteiger partial charge < -0.3 is 60.3 Å². The van der Waals surface area contributed by atoms with Crippen LogP contribution in [0.5, 0.6) is 0 Å². The summed E-state index contributed by atoms with van der Waals surface area (Å²) in [6.07, 6.45) is 0. The van der Waals surface area contributed by atoms with Crippen LogP contribution in [0.25, 0.3) is 0 Å². The summed E-state index contributed by atoms with van der Waals surface area (Å²) in [4.78, 5) is 0. The number of hydrogen-bond donors (Lipinski definition) is 12. The van der Waals surface area contributed by atoms with Crippen LogP contribution in [-0.4, -0.2) is 1280 Å². The predicted octanol–water partition coefficient (Wildman–Crippen LogP) is -49.1. The van der Waals surface area contributed by atoms with Crippen molar-refractivity contribution in [2.24, 2.45) is 0 Å². The molecule has 0 aliphatic carbocycles. The summed E-state index contributed by atoms with van der Waals surface area (Å²) < 4.78 is 0. The molecule has 12 N–H and O–H groups in total. The van der Waals surface area contributed by atoms with Crippen LogP contribution in [0.3, 0.4) is 0 Å². The van der Waals surface area contributed by atoms with Gasteiger partial charge in [-0.3, -0.25) is 0 Å². The van der Waals surface area contributed by atoms with E-state index in [0.717, 1.165) is 0 Å². The molecule has 0 aliphatic rings. The van der Waals surface area contributed by atoms with E-state index in [4.69, 9.17) is 60.3 Å². The van der Waals surface area contributed by atoms with Crippen molar-refractivity contribution in [3.8, 4) is 0 Å². The zero-order valence-electron chi connectivity index (χ0n) is 7.68. The van der Waals surface area contributed by atoms with E-state index in [-0.39, 0.29) is 1190 Å². The fourth-order valence-corrected chi connectivity index (χ4v) is 0. The summed E-state index contributed by atoms with van der Waals surface area (Å²) >= 11 is 0. The molecule has 0 bridgehead atoms. The van der Waals surface area contributed by atoms with Crippen molar-refractivity contribution in [1.29, 1.82) is 0 Å². The Kier molecular flexibility index (Phi) is 4970. The Morgan fingerprint density at radius 1 is 0.0633 bits per heavy atom. The van der Waals surface area contributed by atoms with E-state index >= 15 is 0 Å². The minimum atomic E-state index is -2.17. The van der Waals surface area contributed by atoms with Crippen LogP contribution in [0.4, 0.5) is 0 Å². The molecule has 0 radical (unpaired) electrons. The van der Waals surface area contributed by atoms with Crippen LogP contribution in [-0.2, 0) is 0 Å². The van der Waals surface area contributed by atoms with Crippen molar-refractivity contribution in [2.45, 2.75) is 0 Å². The zero-order chi connectivity index (χ0) is 14.3. The van der Waals surface area contributed by atoms with Gasteiger partial charge in [-0.2, -0.15) is 0 Å². The van der Waals surface area contributed by atoms with Gasteiger partial charge in [-0.25, -0.2) is 0 Å². The second-order valence-electron chi connectivity index (χ2n) is 1.39. The van der Waals surface area contributed by atoms with Crippen LogP contribution in [0.1, 0.15) is 0 Å². The number of rotatable bonds is 0. The molecule has 0 unspecified atom stereocenters. The third-order valence-electron chi connectivity index (χ3n) is 0. The predicted molar refractivity (Wildman–Crippen MR) is 500 cm³/mol. The average molecular weight is 748 g/mol. The monoisotopic (exact) mass is 754 g/mol. The molecule has 79 heteroatoms. The van der Waals surface area contributed by atoms with Gasteiger partial charge in [0.2, 0.25) is 0 Å². The first-order valence-corrected chi connectivity index (χ1v) is 3.10. The van der Waals surface area contributed by atoms with Gasteiger partial charge in [0.25, 0.3) is 0 Å². The third kappa shape index (κ3) is 1060. The van der Waals surface area contributed by atoms with Crippen LogP contribution >= 0.6 is 0 Å². The molecule has 0 rings (SSSR count). The maximum absolute atomic E-state index is 7.17. The first-order chi connectivity index (χ1) is 6.93. The van der Waals surface area contributed by atoms with Gasteiger partial charge in [-0.1, -0.05) is 0 Å². The molecule has 0 aliphatic heterocycles. The second-order valence-corrected chi connectivity index (χ2v) is 1.39. The van der Waals surface area contributed by atoms with E-state index in [9.17, 15) is 0 Å². The van der Waals surface area contributed by atoms with E-state index in [1.807, 2.05) is 0 Å².